The molecule has 1 heterocycles. The molecule has 1 fully saturated rings. The van der Waals surface area contributed by atoms with Crippen LogP contribution in [-0.2, 0) is 9.53 Å². The first-order valence-electron chi connectivity index (χ1n) is 7.99. The Balaban J connectivity index is 1.92. The van der Waals surface area contributed by atoms with Gasteiger partial charge >= 0.3 is 0 Å². The molecular weight excluding hydrogens is 280 g/mol. The lowest BCUT2D eigenvalue weighted by atomic mass is 10.1. The van der Waals surface area contributed by atoms with Gasteiger partial charge in [-0.25, -0.2) is 0 Å². The number of hydrogen-bond acceptors (Lipinski definition) is 4. The molecule has 0 aliphatic carbocycles. The van der Waals surface area contributed by atoms with E-state index in [1.807, 2.05) is 38.2 Å². The molecule has 0 saturated carbocycles. The van der Waals surface area contributed by atoms with Crippen molar-refractivity contribution in [2.24, 2.45) is 5.92 Å². The van der Waals surface area contributed by atoms with E-state index >= 15 is 0 Å². The van der Waals surface area contributed by atoms with Crippen molar-refractivity contribution in [2.75, 3.05) is 32.1 Å². The van der Waals surface area contributed by atoms with Gasteiger partial charge < -0.3 is 20.1 Å². The molecule has 1 amide bonds. The lowest BCUT2D eigenvalue weighted by Crippen LogP contribution is -2.29. The average Bonchev–Trinajstić information content (AvgIpc) is 2.55. The SMILES string of the molecule is CNCC(C)C(=O)Nc1ccccc1OCC1CCCCO1. The van der Waals surface area contributed by atoms with E-state index < -0.39 is 0 Å². The number of hydrogen-bond donors (Lipinski definition) is 2. The molecule has 22 heavy (non-hydrogen) atoms. The normalized spacial score (nSPS) is 19.5. The minimum atomic E-state index is -0.0975. The lowest BCUT2D eigenvalue weighted by Gasteiger charge is -2.23. The van der Waals surface area contributed by atoms with Crippen LogP contribution >= 0.6 is 0 Å². The average molecular weight is 306 g/mol. The molecule has 2 atom stereocenters. The summed E-state index contributed by atoms with van der Waals surface area (Å²) in [7, 11) is 1.84. The van der Waals surface area contributed by atoms with Gasteiger partial charge in [-0.2, -0.15) is 0 Å². The number of rotatable bonds is 7. The van der Waals surface area contributed by atoms with Crippen molar-refractivity contribution in [3.05, 3.63) is 24.3 Å². The van der Waals surface area contributed by atoms with E-state index in [9.17, 15) is 4.79 Å². The second kappa shape index (κ2) is 8.76. The third kappa shape index (κ3) is 5.00. The number of anilines is 1. The number of carbonyl (C=O) groups excluding carboxylic acids is 1. The minimum absolute atomic E-state index is 0.0145. The molecular formula is C17H26N2O3. The van der Waals surface area contributed by atoms with Crippen molar-refractivity contribution in [3.63, 3.8) is 0 Å². The van der Waals surface area contributed by atoms with E-state index in [0.29, 0.717) is 24.6 Å². The van der Waals surface area contributed by atoms with Crippen molar-refractivity contribution in [1.82, 2.24) is 5.32 Å². The van der Waals surface area contributed by atoms with Crippen LogP contribution in [0.2, 0.25) is 0 Å². The Labute approximate surface area is 132 Å². The smallest absolute Gasteiger partial charge is 0.228 e. The molecule has 2 unspecified atom stereocenters. The third-order valence-electron chi connectivity index (χ3n) is 3.80. The first-order chi connectivity index (χ1) is 10.7. The molecule has 0 radical (unpaired) electrons. The Hall–Kier alpha value is -1.59. The van der Waals surface area contributed by atoms with Crippen LogP contribution in [-0.4, -0.2) is 38.8 Å². The quantitative estimate of drug-likeness (QED) is 0.812. The number of amides is 1. The maximum Gasteiger partial charge on any atom is 0.228 e. The van der Waals surface area contributed by atoms with E-state index in [1.165, 1.54) is 6.42 Å². The van der Waals surface area contributed by atoms with Gasteiger partial charge in [-0.3, -0.25) is 4.79 Å². The highest BCUT2D eigenvalue weighted by atomic mass is 16.5. The summed E-state index contributed by atoms with van der Waals surface area (Å²) in [6.07, 6.45) is 3.51. The van der Waals surface area contributed by atoms with Gasteiger partial charge in [-0.15, -0.1) is 0 Å². The Bertz CT molecular complexity index is 473. The van der Waals surface area contributed by atoms with E-state index in [4.69, 9.17) is 9.47 Å². The Morgan fingerprint density at radius 1 is 1.41 bits per heavy atom. The zero-order valence-electron chi connectivity index (χ0n) is 13.4. The van der Waals surface area contributed by atoms with Gasteiger partial charge in [-0.1, -0.05) is 19.1 Å². The first-order valence-corrected chi connectivity index (χ1v) is 7.99. The number of nitrogens with one attached hydrogen (secondary N) is 2. The first kappa shape index (κ1) is 16.8. The van der Waals surface area contributed by atoms with E-state index in [0.717, 1.165) is 19.4 Å². The molecule has 1 aromatic carbocycles. The fraction of sp³-hybridized carbons (Fsp3) is 0.588. The summed E-state index contributed by atoms with van der Waals surface area (Å²) in [5, 5.41) is 5.95. The Kier molecular flexibility index (Phi) is 6.68. The van der Waals surface area contributed by atoms with Crippen molar-refractivity contribution in [3.8, 4) is 5.75 Å². The minimum Gasteiger partial charge on any atom is -0.489 e. The van der Waals surface area contributed by atoms with Gasteiger partial charge in [0.15, 0.2) is 0 Å². The summed E-state index contributed by atoms with van der Waals surface area (Å²) in [5.41, 5.74) is 0.714. The third-order valence-corrected chi connectivity index (χ3v) is 3.80. The summed E-state index contributed by atoms with van der Waals surface area (Å²) < 4.78 is 11.5. The zero-order valence-corrected chi connectivity index (χ0v) is 13.4. The zero-order chi connectivity index (χ0) is 15.8. The molecule has 0 spiro atoms. The molecule has 2 rings (SSSR count). The highest BCUT2D eigenvalue weighted by molar-refractivity contribution is 5.93. The Morgan fingerprint density at radius 3 is 2.95 bits per heavy atom. The molecule has 2 N–H and O–H groups in total. The van der Waals surface area contributed by atoms with Crippen LogP contribution < -0.4 is 15.4 Å². The summed E-state index contributed by atoms with van der Waals surface area (Å²) >= 11 is 0. The molecule has 1 aliphatic heterocycles. The lowest BCUT2D eigenvalue weighted by molar-refractivity contribution is -0.119. The molecule has 1 saturated heterocycles. The van der Waals surface area contributed by atoms with Crippen LogP contribution in [0.4, 0.5) is 5.69 Å². The van der Waals surface area contributed by atoms with Crippen molar-refractivity contribution in [1.29, 1.82) is 0 Å². The largest absolute Gasteiger partial charge is 0.489 e. The van der Waals surface area contributed by atoms with Gasteiger partial charge in [0.2, 0.25) is 5.91 Å². The summed E-state index contributed by atoms with van der Waals surface area (Å²) in [6.45, 7) is 3.88. The highest BCUT2D eigenvalue weighted by Crippen LogP contribution is 2.25. The van der Waals surface area contributed by atoms with Gasteiger partial charge in [-0.05, 0) is 38.4 Å². The fourth-order valence-electron chi connectivity index (χ4n) is 2.47. The van der Waals surface area contributed by atoms with Crippen molar-refractivity contribution in [2.45, 2.75) is 32.3 Å². The molecule has 0 aromatic heterocycles. The van der Waals surface area contributed by atoms with Crippen molar-refractivity contribution < 1.29 is 14.3 Å². The second-order valence-electron chi connectivity index (χ2n) is 5.74. The van der Waals surface area contributed by atoms with Crippen LogP contribution in [0.25, 0.3) is 0 Å². The van der Waals surface area contributed by atoms with Crippen LogP contribution in [0.1, 0.15) is 26.2 Å². The molecule has 0 bridgehead atoms. The van der Waals surface area contributed by atoms with E-state index in [2.05, 4.69) is 10.6 Å². The second-order valence-corrected chi connectivity index (χ2v) is 5.74. The van der Waals surface area contributed by atoms with Crippen molar-refractivity contribution >= 4 is 11.6 Å². The molecule has 122 valence electrons. The monoisotopic (exact) mass is 306 g/mol. The van der Waals surface area contributed by atoms with Gasteiger partial charge in [0.25, 0.3) is 0 Å². The summed E-state index contributed by atoms with van der Waals surface area (Å²) in [4.78, 5) is 12.1. The number of carbonyl (C=O) groups is 1. The maximum absolute atomic E-state index is 12.1. The maximum atomic E-state index is 12.1. The fourth-order valence-corrected chi connectivity index (χ4v) is 2.47. The van der Waals surface area contributed by atoms with Crippen LogP contribution in [0, 0.1) is 5.92 Å². The highest BCUT2D eigenvalue weighted by Gasteiger charge is 2.17. The number of ether oxygens (including phenoxy) is 2. The van der Waals surface area contributed by atoms with Crippen LogP contribution in [0.3, 0.4) is 0 Å². The van der Waals surface area contributed by atoms with Gasteiger partial charge in [0.05, 0.1) is 11.8 Å². The predicted octanol–water partition coefficient (Wildman–Crippen LogP) is 2.43. The number of benzene rings is 1. The summed E-state index contributed by atoms with van der Waals surface area (Å²) in [6, 6.07) is 7.54. The molecule has 5 nitrogen and oxygen atoms in total. The molecule has 5 heteroatoms. The topological polar surface area (TPSA) is 59.6 Å². The Morgan fingerprint density at radius 2 is 2.23 bits per heavy atom. The molecule has 1 aliphatic rings. The molecule has 1 aromatic rings. The van der Waals surface area contributed by atoms with Crippen LogP contribution in [0.5, 0.6) is 5.75 Å². The van der Waals surface area contributed by atoms with E-state index in [-0.39, 0.29) is 17.9 Å². The van der Waals surface area contributed by atoms with Gasteiger partial charge in [0.1, 0.15) is 12.4 Å². The summed E-state index contributed by atoms with van der Waals surface area (Å²) in [5.74, 6) is 0.584. The standard InChI is InChI=1S/C17H26N2O3/c1-13(11-18-2)17(20)19-15-8-3-4-9-16(15)22-12-14-7-5-6-10-21-14/h3-4,8-9,13-14,18H,5-7,10-12H2,1-2H3,(H,19,20). The predicted molar refractivity (Wildman–Crippen MR) is 87.2 cm³/mol. The van der Waals surface area contributed by atoms with Crippen LogP contribution in [0.15, 0.2) is 24.3 Å². The van der Waals surface area contributed by atoms with Gasteiger partial charge in [0, 0.05) is 19.1 Å². The number of para-hydroxylation sites is 2. The van der Waals surface area contributed by atoms with E-state index in [1.54, 1.807) is 0 Å².